The minimum atomic E-state index is -1.02. The smallest absolute Gasteiger partial charge is 0.280 e. The Labute approximate surface area is 163 Å². The Balaban J connectivity index is 1.98. The predicted octanol–water partition coefficient (Wildman–Crippen LogP) is 0.571. The summed E-state index contributed by atoms with van der Waals surface area (Å²) in [5.74, 6) is 0.296. The van der Waals surface area contributed by atoms with Gasteiger partial charge in [-0.2, -0.15) is 17.6 Å². The van der Waals surface area contributed by atoms with Gasteiger partial charge in [-0.25, -0.2) is 4.98 Å². The van der Waals surface area contributed by atoms with Crippen molar-refractivity contribution in [3.8, 4) is 11.4 Å². The van der Waals surface area contributed by atoms with Crippen molar-refractivity contribution in [2.24, 2.45) is 0 Å². The van der Waals surface area contributed by atoms with E-state index < -0.39 is 29.2 Å². The summed E-state index contributed by atoms with van der Waals surface area (Å²) in [4.78, 5) is 23.3. The maximum absolute atomic E-state index is 12.3. The fraction of sp³-hybridized carbons (Fsp3) is 0.312. The standard InChI is InChI=1S/C16H16ClN5O4S/c17-7-3-1-6(2-4-7)12-19-9-13(20-16(18)21-14(9)25)22(12)15-11(27)10(24)8(5-23)26-15/h1-4,8,10-11,15,23-24,27H,5H2,(H3,18,20,21,25)/t8-,10-,11-,15-/m1/s1. The summed E-state index contributed by atoms with van der Waals surface area (Å²) in [6.45, 7) is -0.381. The minimum absolute atomic E-state index is 0.0696. The van der Waals surface area contributed by atoms with E-state index in [-0.39, 0.29) is 23.7 Å². The number of fused-ring (bicyclic) bond motifs is 1. The second-order valence-corrected chi connectivity index (χ2v) is 7.20. The van der Waals surface area contributed by atoms with Crippen LogP contribution in [0.4, 0.5) is 5.95 Å². The molecule has 0 spiro atoms. The van der Waals surface area contributed by atoms with E-state index in [1.54, 1.807) is 28.8 Å². The lowest BCUT2D eigenvalue weighted by molar-refractivity contribution is -0.0425. The number of nitrogen functional groups attached to an aromatic ring is 1. The Morgan fingerprint density at radius 3 is 2.67 bits per heavy atom. The number of nitrogens with one attached hydrogen (secondary N) is 1. The first-order chi connectivity index (χ1) is 12.9. The van der Waals surface area contributed by atoms with E-state index in [4.69, 9.17) is 22.1 Å². The highest BCUT2D eigenvalue weighted by Crippen LogP contribution is 2.38. The third kappa shape index (κ3) is 2.99. The van der Waals surface area contributed by atoms with E-state index in [0.29, 0.717) is 16.4 Å². The van der Waals surface area contributed by atoms with Gasteiger partial charge in [0.2, 0.25) is 5.95 Å². The number of hydrogen-bond donors (Lipinski definition) is 5. The van der Waals surface area contributed by atoms with Gasteiger partial charge in [-0.05, 0) is 24.3 Å². The number of anilines is 1. The van der Waals surface area contributed by atoms with Gasteiger partial charge in [-0.3, -0.25) is 14.3 Å². The monoisotopic (exact) mass is 409 g/mol. The number of aliphatic hydroxyl groups is 2. The van der Waals surface area contributed by atoms with Crippen LogP contribution in [0, 0.1) is 0 Å². The zero-order chi connectivity index (χ0) is 19.3. The molecule has 0 unspecified atom stereocenters. The molecule has 4 atom stereocenters. The highest BCUT2D eigenvalue weighted by Gasteiger charge is 2.44. The van der Waals surface area contributed by atoms with Gasteiger partial charge in [0.1, 0.15) is 11.9 Å². The van der Waals surface area contributed by atoms with Crippen molar-refractivity contribution < 1.29 is 14.9 Å². The maximum Gasteiger partial charge on any atom is 0.280 e. The van der Waals surface area contributed by atoms with Crippen LogP contribution in [0.3, 0.4) is 0 Å². The van der Waals surface area contributed by atoms with Crippen LogP contribution in [0.1, 0.15) is 6.23 Å². The van der Waals surface area contributed by atoms with Crippen molar-refractivity contribution in [3.05, 3.63) is 39.6 Å². The highest BCUT2D eigenvalue weighted by atomic mass is 35.5. The Kier molecular flexibility index (Phi) is 4.60. The lowest BCUT2D eigenvalue weighted by atomic mass is 10.1. The van der Waals surface area contributed by atoms with E-state index in [1.165, 1.54) is 0 Å². The van der Waals surface area contributed by atoms with Crippen molar-refractivity contribution in [2.45, 2.75) is 23.7 Å². The summed E-state index contributed by atoms with van der Waals surface area (Å²) in [6, 6.07) is 6.84. The van der Waals surface area contributed by atoms with Crippen LogP contribution in [0.2, 0.25) is 5.02 Å². The average Bonchev–Trinajstić information content (AvgIpc) is 3.14. The molecule has 1 saturated heterocycles. The number of imidazole rings is 1. The number of aromatic amines is 1. The molecule has 11 heteroatoms. The molecule has 3 aromatic rings. The molecule has 142 valence electrons. The Morgan fingerprint density at radius 1 is 1.33 bits per heavy atom. The molecular formula is C16H16ClN5O4S. The van der Waals surface area contributed by atoms with Crippen LogP contribution >= 0.6 is 24.2 Å². The first-order valence-corrected chi connectivity index (χ1v) is 8.96. The molecule has 3 heterocycles. The molecule has 9 nitrogen and oxygen atoms in total. The molecule has 0 amide bonds. The van der Waals surface area contributed by atoms with Crippen molar-refractivity contribution in [1.82, 2.24) is 19.5 Å². The Bertz CT molecular complexity index is 1050. The zero-order valence-corrected chi connectivity index (χ0v) is 15.4. The number of aromatic nitrogens is 4. The first kappa shape index (κ1) is 18.3. The molecule has 1 aromatic carbocycles. The van der Waals surface area contributed by atoms with Gasteiger partial charge >= 0.3 is 0 Å². The van der Waals surface area contributed by atoms with Gasteiger partial charge in [0.25, 0.3) is 5.56 Å². The summed E-state index contributed by atoms with van der Waals surface area (Å²) in [5.41, 5.74) is 6.11. The van der Waals surface area contributed by atoms with Gasteiger partial charge in [-0.1, -0.05) is 11.6 Å². The second kappa shape index (κ2) is 6.80. The quantitative estimate of drug-likeness (QED) is 0.398. The topological polar surface area (TPSA) is 139 Å². The van der Waals surface area contributed by atoms with Gasteiger partial charge in [0, 0.05) is 10.6 Å². The molecule has 1 fully saturated rings. The number of H-pyrrole nitrogens is 1. The second-order valence-electron chi connectivity index (χ2n) is 6.16. The molecule has 27 heavy (non-hydrogen) atoms. The number of nitrogens with zero attached hydrogens (tertiary/aromatic N) is 3. The molecule has 0 radical (unpaired) electrons. The molecule has 0 bridgehead atoms. The molecule has 0 aliphatic carbocycles. The van der Waals surface area contributed by atoms with E-state index in [2.05, 4.69) is 27.6 Å². The van der Waals surface area contributed by atoms with Crippen LogP contribution in [0.5, 0.6) is 0 Å². The molecule has 2 aromatic heterocycles. The van der Waals surface area contributed by atoms with Crippen LogP contribution < -0.4 is 11.3 Å². The largest absolute Gasteiger partial charge is 0.394 e. The van der Waals surface area contributed by atoms with Gasteiger partial charge in [-0.15, -0.1) is 0 Å². The molecule has 5 N–H and O–H groups in total. The number of hydrogen-bond acceptors (Lipinski definition) is 8. The Hall–Kier alpha value is -2.11. The maximum atomic E-state index is 12.3. The third-order valence-electron chi connectivity index (χ3n) is 4.44. The van der Waals surface area contributed by atoms with E-state index >= 15 is 0 Å². The normalized spacial score (nSPS) is 25.3. The lowest BCUT2D eigenvalue weighted by Crippen LogP contribution is -2.30. The van der Waals surface area contributed by atoms with Gasteiger partial charge < -0.3 is 20.7 Å². The van der Waals surface area contributed by atoms with Crippen LogP contribution in [0.15, 0.2) is 29.1 Å². The molecular weight excluding hydrogens is 394 g/mol. The van der Waals surface area contributed by atoms with E-state index in [0.717, 1.165) is 0 Å². The highest BCUT2D eigenvalue weighted by molar-refractivity contribution is 7.81. The fourth-order valence-electron chi connectivity index (χ4n) is 3.14. The number of nitrogens with two attached hydrogens (primary N) is 1. The van der Waals surface area contributed by atoms with Gasteiger partial charge in [0.15, 0.2) is 17.4 Å². The number of thiol groups is 1. The summed E-state index contributed by atoms with van der Waals surface area (Å²) >= 11 is 10.4. The molecule has 1 aliphatic heterocycles. The van der Waals surface area contributed by atoms with Crippen molar-refractivity contribution in [3.63, 3.8) is 0 Å². The molecule has 4 rings (SSSR count). The predicted molar refractivity (Wildman–Crippen MR) is 103 cm³/mol. The first-order valence-electron chi connectivity index (χ1n) is 8.07. The SMILES string of the molecule is Nc1nc2c(nc(-c3ccc(Cl)cc3)n2[C@@H]2O[C@H](CO)[C@@H](O)[C@H]2S)c(=O)[nH]1. The zero-order valence-electron chi connectivity index (χ0n) is 13.8. The van der Waals surface area contributed by atoms with Gasteiger partial charge in [0.05, 0.1) is 18.0 Å². The summed E-state index contributed by atoms with van der Waals surface area (Å²) in [6.07, 6.45) is -2.67. The Morgan fingerprint density at radius 2 is 2.04 bits per heavy atom. The van der Waals surface area contributed by atoms with Crippen LogP contribution in [-0.4, -0.2) is 53.8 Å². The summed E-state index contributed by atoms with van der Waals surface area (Å²) in [5, 5.41) is 19.6. The minimum Gasteiger partial charge on any atom is -0.394 e. The van der Waals surface area contributed by atoms with Crippen LogP contribution in [-0.2, 0) is 4.74 Å². The number of halogens is 1. The number of benzene rings is 1. The number of ether oxygens (including phenoxy) is 1. The third-order valence-corrected chi connectivity index (χ3v) is 5.26. The van der Waals surface area contributed by atoms with Crippen molar-refractivity contribution in [1.29, 1.82) is 0 Å². The molecule has 0 saturated carbocycles. The van der Waals surface area contributed by atoms with E-state index in [9.17, 15) is 15.0 Å². The number of aliphatic hydroxyl groups excluding tert-OH is 2. The van der Waals surface area contributed by atoms with E-state index in [1.807, 2.05) is 0 Å². The summed E-state index contributed by atoms with van der Waals surface area (Å²) < 4.78 is 7.34. The molecule has 1 aliphatic rings. The van der Waals surface area contributed by atoms with Crippen molar-refractivity contribution in [2.75, 3.05) is 12.3 Å². The summed E-state index contributed by atoms with van der Waals surface area (Å²) in [7, 11) is 0. The lowest BCUT2D eigenvalue weighted by Gasteiger charge is -2.19. The average molecular weight is 410 g/mol. The van der Waals surface area contributed by atoms with Crippen molar-refractivity contribution >= 4 is 41.3 Å². The number of rotatable bonds is 3. The van der Waals surface area contributed by atoms with Crippen LogP contribution in [0.25, 0.3) is 22.6 Å². The fourth-order valence-corrected chi connectivity index (χ4v) is 3.66.